The summed E-state index contributed by atoms with van der Waals surface area (Å²) in [5.41, 5.74) is 11.5. The summed E-state index contributed by atoms with van der Waals surface area (Å²) in [5, 5.41) is 8.91. The lowest BCUT2D eigenvalue weighted by molar-refractivity contribution is 0.393. The quantitative estimate of drug-likeness (QED) is 0.271. The van der Waals surface area contributed by atoms with Crippen molar-refractivity contribution in [3.63, 3.8) is 0 Å². The minimum Gasteiger partial charge on any atom is -0.496 e. The Bertz CT molecular complexity index is 1510. The van der Waals surface area contributed by atoms with Gasteiger partial charge in [0.25, 0.3) is 0 Å². The number of nitrogens with two attached hydrogens (primary N) is 1. The third-order valence-corrected chi connectivity index (χ3v) is 5.66. The molecule has 0 radical (unpaired) electrons. The fourth-order valence-electron chi connectivity index (χ4n) is 4.16. The Kier molecular flexibility index (Phi) is 4.93. The smallest absolute Gasteiger partial charge is 0.164 e. The Morgan fingerprint density at radius 2 is 2.00 bits per heavy atom. The number of anilines is 1. The fraction of sp³-hybridized carbons (Fsp3) is 0.167. The molecule has 0 aliphatic heterocycles. The molecule has 0 atom stereocenters. The van der Waals surface area contributed by atoms with Crippen molar-refractivity contribution in [3.8, 4) is 16.9 Å². The molecule has 0 saturated carbocycles. The molecular formula is C24H23N7O2. The van der Waals surface area contributed by atoms with Crippen LogP contribution in [0, 0.1) is 13.8 Å². The lowest BCUT2D eigenvalue weighted by atomic mass is 10.0. The van der Waals surface area contributed by atoms with E-state index in [0.717, 1.165) is 44.4 Å². The molecule has 4 heterocycles. The number of aromatic nitrogens is 4. The molecule has 166 valence electrons. The highest BCUT2D eigenvalue weighted by atomic mass is 16.5. The van der Waals surface area contributed by atoms with E-state index in [1.165, 1.54) is 0 Å². The second-order valence-electron chi connectivity index (χ2n) is 7.63. The molecule has 4 N–H and O–H groups in total. The van der Waals surface area contributed by atoms with Crippen molar-refractivity contribution in [1.82, 2.24) is 20.1 Å². The molecule has 9 nitrogen and oxygen atoms in total. The molecule has 0 amide bonds. The van der Waals surface area contributed by atoms with E-state index in [-0.39, 0.29) is 0 Å². The number of aryl methyl sites for hydroxylation is 2. The highest BCUT2D eigenvalue weighted by molar-refractivity contribution is 6.15. The Morgan fingerprint density at radius 1 is 1.15 bits per heavy atom. The first kappa shape index (κ1) is 20.5. The number of hydrogen-bond acceptors (Lipinski definition) is 7. The van der Waals surface area contributed by atoms with Gasteiger partial charge in [0.2, 0.25) is 0 Å². The number of benzene rings is 1. The van der Waals surface area contributed by atoms with Crippen molar-refractivity contribution in [1.29, 1.82) is 0 Å². The van der Waals surface area contributed by atoms with Crippen LogP contribution in [-0.4, -0.2) is 40.1 Å². The van der Waals surface area contributed by atoms with Gasteiger partial charge in [0.05, 0.1) is 34.8 Å². The maximum atomic E-state index is 6.36. The van der Waals surface area contributed by atoms with Crippen molar-refractivity contribution < 1.29 is 9.26 Å². The van der Waals surface area contributed by atoms with Gasteiger partial charge in [-0.05, 0) is 44.2 Å². The molecule has 0 saturated heterocycles. The maximum absolute atomic E-state index is 6.36. The highest BCUT2D eigenvalue weighted by Crippen LogP contribution is 2.41. The van der Waals surface area contributed by atoms with E-state index in [9.17, 15) is 0 Å². The minimum absolute atomic E-state index is 0.320. The molecule has 4 aromatic heterocycles. The third-order valence-electron chi connectivity index (χ3n) is 5.66. The van der Waals surface area contributed by atoms with Crippen LogP contribution in [0.3, 0.4) is 0 Å². The first-order chi connectivity index (χ1) is 16.0. The van der Waals surface area contributed by atoms with E-state index in [0.29, 0.717) is 28.8 Å². The van der Waals surface area contributed by atoms with Crippen molar-refractivity contribution in [2.45, 2.75) is 13.8 Å². The number of pyridine rings is 2. The molecular weight excluding hydrogens is 418 g/mol. The number of aromatic amines is 1. The zero-order valence-electron chi connectivity index (χ0n) is 18.7. The van der Waals surface area contributed by atoms with Gasteiger partial charge >= 0.3 is 0 Å². The Morgan fingerprint density at radius 3 is 2.73 bits per heavy atom. The van der Waals surface area contributed by atoms with E-state index >= 15 is 0 Å². The average molecular weight is 441 g/mol. The average Bonchev–Trinajstić information content (AvgIpc) is 3.36. The third kappa shape index (κ3) is 3.34. The summed E-state index contributed by atoms with van der Waals surface area (Å²) in [6.45, 7) is 3.81. The summed E-state index contributed by atoms with van der Waals surface area (Å²) in [6.07, 6.45) is 3.41. The molecule has 0 bridgehead atoms. The Hall–Kier alpha value is -4.40. The first-order valence-electron chi connectivity index (χ1n) is 10.4. The molecule has 5 rings (SSSR count). The molecule has 1 aromatic carbocycles. The molecule has 0 aliphatic rings. The van der Waals surface area contributed by atoms with Gasteiger partial charge in [0.1, 0.15) is 23.2 Å². The number of ether oxygens (including phenoxy) is 1. The standard InChI is InChI=1S/C24H23N7O2/c1-12-20(13(2)33-31-12)16-10-18-15(11-19(16)32-4)21-17(29-18)7-9-28-24(21)30-22(25)14-6-5-8-27-23(14)26-3/h5-11,29H,1-4H3,(H,26,27)(H2,25,28,30). The van der Waals surface area contributed by atoms with E-state index in [1.54, 1.807) is 26.6 Å². The summed E-state index contributed by atoms with van der Waals surface area (Å²) < 4.78 is 11.1. The molecule has 9 heteroatoms. The van der Waals surface area contributed by atoms with Gasteiger partial charge in [-0.2, -0.15) is 0 Å². The van der Waals surface area contributed by atoms with Gasteiger partial charge in [-0.25, -0.2) is 15.0 Å². The summed E-state index contributed by atoms with van der Waals surface area (Å²) >= 11 is 0. The maximum Gasteiger partial charge on any atom is 0.164 e. The largest absolute Gasteiger partial charge is 0.496 e. The van der Waals surface area contributed by atoms with E-state index in [2.05, 4.69) is 30.4 Å². The van der Waals surface area contributed by atoms with Crippen LogP contribution in [0.5, 0.6) is 5.75 Å². The summed E-state index contributed by atoms with van der Waals surface area (Å²) in [5.74, 6) is 2.91. The van der Waals surface area contributed by atoms with E-state index in [4.69, 9.17) is 15.0 Å². The molecule has 33 heavy (non-hydrogen) atoms. The van der Waals surface area contributed by atoms with Crippen LogP contribution >= 0.6 is 0 Å². The normalized spacial score (nSPS) is 11.9. The first-order valence-corrected chi connectivity index (χ1v) is 10.4. The number of fused-ring (bicyclic) bond motifs is 3. The van der Waals surface area contributed by atoms with Crippen molar-refractivity contribution in [2.24, 2.45) is 10.7 Å². The van der Waals surface area contributed by atoms with Crippen LogP contribution in [0.25, 0.3) is 32.9 Å². The van der Waals surface area contributed by atoms with Crippen LogP contribution in [0.2, 0.25) is 0 Å². The van der Waals surface area contributed by atoms with Crippen LogP contribution in [0.4, 0.5) is 11.6 Å². The summed E-state index contributed by atoms with van der Waals surface area (Å²) in [6, 6.07) is 9.62. The lowest BCUT2D eigenvalue weighted by Crippen LogP contribution is -2.15. The van der Waals surface area contributed by atoms with Crippen molar-refractivity contribution in [3.05, 3.63) is 59.7 Å². The van der Waals surface area contributed by atoms with Gasteiger partial charge in [-0.1, -0.05) is 5.16 Å². The summed E-state index contributed by atoms with van der Waals surface area (Å²) in [7, 11) is 3.44. The van der Waals surface area contributed by atoms with E-state index < -0.39 is 0 Å². The second kappa shape index (κ2) is 7.94. The van der Waals surface area contributed by atoms with Crippen LogP contribution in [-0.2, 0) is 0 Å². The Balaban J connectivity index is 1.74. The molecule has 0 spiro atoms. The van der Waals surface area contributed by atoms with Crippen molar-refractivity contribution in [2.75, 3.05) is 19.5 Å². The van der Waals surface area contributed by atoms with Crippen molar-refractivity contribution >= 4 is 39.3 Å². The molecule has 5 aromatic rings. The number of rotatable bonds is 5. The Labute approximate surface area is 189 Å². The highest BCUT2D eigenvalue weighted by Gasteiger charge is 2.20. The number of hydrogen-bond donors (Lipinski definition) is 3. The van der Waals surface area contributed by atoms with Gasteiger partial charge in [0, 0.05) is 35.9 Å². The molecule has 0 fully saturated rings. The number of methoxy groups -OCH3 is 1. The van der Waals surface area contributed by atoms with Gasteiger partial charge in [-0.15, -0.1) is 0 Å². The number of nitrogens with zero attached hydrogens (tertiary/aromatic N) is 4. The lowest BCUT2D eigenvalue weighted by Gasteiger charge is -2.09. The zero-order chi connectivity index (χ0) is 23.1. The zero-order valence-corrected chi connectivity index (χ0v) is 18.7. The molecule has 0 unspecified atom stereocenters. The minimum atomic E-state index is 0.320. The SMILES string of the molecule is CNc1ncccc1C(N)=Nc1nccc2[nH]c3cc(-c4c(C)noc4C)c(OC)cc3c12. The second-order valence-corrected chi connectivity index (χ2v) is 7.63. The fourth-order valence-corrected chi connectivity index (χ4v) is 4.16. The number of amidine groups is 1. The number of nitrogens with one attached hydrogen (secondary N) is 2. The van der Waals surface area contributed by atoms with Crippen LogP contribution < -0.4 is 15.8 Å². The van der Waals surface area contributed by atoms with Crippen LogP contribution in [0.1, 0.15) is 17.0 Å². The van der Waals surface area contributed by atoms with Crippen LogP contribution in [0.15, 0.2) is 52.2 Å². The topological polar surface area (TPSA) is 127 Å². The number of aliphatic imine (C=N–C) groups is 1. The molecule has 0 aliphatic carbocycles. The van der Waals surface area contributed by atoms with Gasteiger partial charge < -0.3 is 25.3 Å². The van der Waals surface area contributed by atoms with Gasteiger partial charge in [0.15, 0.2) is 5.82 Å². The number of H-pyrrole nitrogens is 1. The van der Waals surface area contributed by atoms with E-state index in [1.807, 2.05) is 44.2 Å². The summed E-state index contributed by atoms with van der Waals surface area (Å²) in [4.78, 5) is 16.9. The predicted molar refractivity (Wildman–Crippen MR) is 129 cm³/mol. The monoisotopic (exact) mass is 441 g/mol. The van der Waals surface area contributed by atoms with Gasteiger partial charge in [-0.3, -0.25) is 0 Å². The predicted octanol–water partition coefficient (Wildman–Crippen LogP) is 4.47.